The minimum absolute atomic E-state index is 0. The number of carbonyl (C=O) groups excluding carboxylic acids is 3. The molecule has 0 bridgehead atoms. The van der Waals surface area contributed by atoms with E-state index in [2.05, 4.69) is 18.9 Å². The fourth-order valence-electron chi connectivity index (χ4n) is 0.341. The Hall–Kier alpha value is 3.20. The molecule has 0 atom stereocenters. The normalized spacial score (nSPS) is 6.18. The van der Waals surface area contributed by atoms with Crippen molar-refractivity contribution < 1.29 is 127 Å². The van der Waals surface area contributed by atoms with Crippen LogP contribution < -0.4 is 59.1 Å². The molecule has 11 nitrogen and oxygen atoms in total. The Bertz CT molecular complexity index is 365. The van der Waals surface area contributed by atoms with Gasteiger partial charge in [0, 0.05) is 0 Å². The average Bonchev–Trinajstić information content (AvgIpc) is 1.97. The molecule has 0 aromatic carbocycles. The first kappa shape index (κ1) is 44.6. The summed E-state index contributed by atoms with van der Waals surface area (Å²) >= 11 is 0. The summed E-state index contributed by atoms with van der Waals surface area (Å²) in [6.07, 6.45) is -10.1. The van der Waals surface area contributed by atoms with Crippen LogP contribution >= 0.6 is 0 Å². The van der Waals surface area contributed by atoms with Crippen LogP contribution in [0.1, 0.15) is 14.3 Å². The molecule has 0 amide bonds. The van der Waals surface area contributed by atoms with Crippen molar-refractivity contribution in [2.75, 3.05) is 0 Å². The zero-order valence-corrected chi connectivity index (χ0v) is 23.1. The van der Waals surface area contributed by atoms with Crippen LogP contribution in [0.5, 0.6) is 0 Å². The minimum atomic E-state index is -2.06. The Morgan fingerprint density at radius 2 is 0.773 bits per heavy atom. The summed E-state index contributed by atoms with van der Waals surface area (Å²) in [5, 5.41) is 15.7. The van der Waals surface area contributed by atoms with Crippen LogP contribution in [0.15, 0.2) is 0 Å². The third-order valence-corrected chi connectivity index (χ3v) is 0.675. The maximum atomic E-state index is 10.4. The molecule has 22 heavy (non-hydrogen) atoms. The van der Waals surface area contributed by atoms with Crippen molar-refractivity contribution in [1.82, 2.24) is 0 Å². The average molecular weight is 423 g/mol. The first-order chi connectivity index (χ1) is 7.31. The maximum Gasteiger partial charge on any atom is 2.00 e. The molecule has 108 valence electrons. The number of hydrogen-bond donors (Lipinski definition) is 2. The summed E-state index contributed by atoms with van der Waals surface area (Å²) < 4.78 is 13.4. The van der Waals surface area contributed by atoms with E-state index >= 15 is 0 Å². The molecule has 0 fully saturated rings. The van der Waals surface area contributed by atoms with Crippen LogP contribution in [-0.2, 0) is 18.9 Å². The van der Waals surface area contributed by atoms with Gasteiger partial charge in [0.1, 0.15) is 0 Å². The van der Waals surface area contributed by atoms with Crippen LogP contribution in [0.25, 0.3) is 0 Å². The second-order valence-electron chi connectivity index (χ2n) is 1.69. The van der Waals surface area contributed by atoms with Gasteiger partial charge in [-0.15, -0.1) is 0 Å². The van der Waals surface area contributed by atoms with E-state index < -0.39 is 30.8 Å². The fraction of sp³-hybridized carbons (Fsp3) is 0. The van der Waals surface area contributed by atoms with Gasteiger partial charge in [-0.05, 0) is 0 Å². The van der Waals surface area contributed by atoms with Crippen LogP contribution in [0.2, 0.25) is 0 Å². The first-order valence-electron chi connectivity index (χ1n) is 3.10. The van der Waals surface area contributed by atoms with Crippen LogP contribution in [0.4, 0.5) is 24.0 Å². The van der Waals surface area contributed by atoms with E-state index in [1.807, 2.05) is 0 Å². The number of carbonyl (C=O) groups is 5. The van der Waals surface area contributed by atoms with Gasteiger partial charge in [-0.2, -0.15) is 0 Å². The van der Waals surface area contributed by atoms with E-state index in [-0.39, 0.29) is 195 Å². The van der Waals surface area contributed by atoms with E-state index in [1.165, 1.54) is 0 Å². The van der Waals surface area contributed by atoms with Crippen LogP contribution in [0.3, 0.4) is 0 Å². The SMILES string of the molecule is O=C(O)OC(=O)OC(=O)OC(=O)OC(=O)O.[Ca+2].[Ca+2].[H-].[H-].[H-].[H-].[H-].[H-].[H-].[H-].[H-].[H-].[Mg+2].[Mg+2].[Na+].[Na+]. The molecule has 2 N–H and O–H groups in total. The van der Waals surface area contributed by atoms with Crippen molar-refractivity contribution in [2.45, 2.75) is 0 Å². The van der Waals surface area contributed by atoms with E-state index in [0.717, 1.165) is 0 Å². The predicted octanol–water partition coefficient (Wildman–Crippen LogP) is -5.62. The summed E-state index contributed by atoms with van der Waals surface area (Å²) in [6, 6.07) is 0. The predicted molar refractivity (Wildman–Crippen MR) is 70.7 cm³/mol. The van der Waals surface area contributed by atoms with Gasteiger partial charge in [-0.3, -0.25) is 0 Å². The van der Waals surface area contributed by atoms with Gasteiger partial charge in [-0.1, -0.05) is 0 Å². The summed E-state index contributed by atoms with van der Waals surface area (Å²) in [6.45, 7) is 0. The van der Waals surface area contributed by atoms with Gasteiger partial charge < -0.3 is 43.4 Å². The third-order valence-electron chi connectivity index (χ3n) is 0.675. The Labute approximate surface area is 273 Å². The van der Waals surface area contributed by atoms with Crippen LogP contribution in [-0.4, -0.2) is 163 Å². The first-order valence-corrected chi connectivity index (χ1v) is 3.10. The van der Waals surface area contributed by atoms with Crippen molar-refractivity contribution >= 4 is 152 Å². The number of rotatable bonds is 0. The molecule has 0 aliphatic heterocycles. The number of hydrogen-bond acceptors (Lipinski definition) is 9. The number of carboxylic acid groups (broad SMARTS) is 2. The standard InChI is InChI=1S/C5H2O11.2Ca.2Mg.2Na.10H/c6-1(7)13-3(10)15-5(12)16-4(11)14-2(8)9;;;;;;;;;;;;;;;;/h(H,6,7)(H,8,9);;;;;;;;;;;;;;;;/q;4*+2;2*+1;10*-1. The van der Waals surface area contributed by atoms with Gasteiger partial charge in [0.2, 0.25) is 0 Å². The zero-order chi connectivity index (χ0) is 12.7. The van der Waals surface area contributed by atoms with Gasteiger partial charge in [0.25, 0.3) is 0 Å². The molecule has 0 rings (SSSR count). The Kier molecular flexibility index (Phi) is 53.5. The molecular formula is C5H12Ca2Mg2Na2O11. The topological polar surface area (TPSA) is 163 Å². The molecule has 17 heteroatoms. The molecule has 0 spiro atoms. The van der Waals surface area contributed by atoms with Crippen molar-refractivity contribution in [3.05, 3.63) is 0 Å². The van der Waals surface area contributed by atoms with Crippen molar-refractivity contribution in [3.8, 4) is 0 Å². The maximum absolute atomic E-state index is 10.4. The minimum Gasteiger partial charge on any atom is -1.00 e. The van der Waals surface area contributed by atoms with Gasteiger partial charge in [0.05, 0.1) is 0 Å². The Balaban J connectivity index is -0.00000000937. The summed E-state index contributed by atoms with van der Waals surface area (Å²) in [4.78, 5) is 50.4. The second-order valence-corrected chi connectivity index (χ2v) is 1.69. The number of ether oxygens (including phenoxy) is 4. The Morgan fingerprint density at radius 3 is 0.955 bits per heavy atom. The van der Waals surface area contributed by atoms with Gasteiger partial charge in [-0.25, -0.2) is 24.0 Å². The monoisotopic (exact) mass is 422 g/mol. The smallest absolute Gasteiger partial charge is 1.00 e. The second kappa shape index (κ2) is 26.4. The molecule has 0 aliphatic carbocycles. The van der Waals surface area contributed by atoms with E-state index in [1.54, 1.807) is 0 Å². The molecule has 0 aliphatic rings. The largest absolute Gasteiger partial charge is 2.00 e. The molecule has 0 aromatic rings. The van der Waals surface area contributed by atoms with E-state index in [9.17, 15) is 24.0 Å². The van der Waals surface area contributed by atoms with Crippen LogP contribution in [0, 0.1) is 0 Å². The molecule has 0 aromatic heterocycles. The quantitative estimate of drug-likeness (QED) is 0.217. The molecule has 0 heterocycles. The summed E-state index contributed by atoms with van der Waals surface area (Å²) in [5.41, 5.74) is 0. The fourth-order valence-corrected chi connectivity index (χ4v) is 0.341. The molecule has 0 unspecified atom stereocenters. The molecule has 0 radical (unpaired) electrons. The van der Waals surface area contributed by atoms with E-state index in [4.69, 9.17) is 10.2 Å². The molecule has 0 saturated carbocycles. The summed E-state index contributed by atoms with van der Waals surface area (Å²) in [7, 11) is 0. The molecule has 0 saturated heterocycles. The summed E-state index contributed by atoms with van der Waals surface area (Å²) in [5.74, 6) is 0. The molecular weight excluding hydrogens is 411 g/mol. The Morgan fingerprint density at radius 1 is 0.591 bits per heavy atom. The van der Waals surface area contributed by atoms with Crippen molar-refractivity contribution in [2.24, 2.45) is 0 Å². The third kappa shape index (κ3) is 31.0. The van der Waals surface area contributed by atoms with Crippen molar-refractivity contribution in [3.63, 3.8) is 0 Å². The van der Waals surface area contributed by atoms with Gasteiger partial charge in [0.15, 0.2) is 0 Å². The van der Waals surface area contributed by atoms with Gasteiger partial charge >= 0.3 is 211 Å². The zero-order valence-electron chi connectivity index (χ0n) is 21.9. The van der Waals surface area contributed by atoms with E-state index in [0.29, 0.717) is 0 Å². The van der Waals surface area contributed by atoms with Crippen molar-refractivity contribution in [1.29, 1.82) is 0 Å².